The molecule has 150 valence electrons. The first-order chi connectivity index (χ1) is 12.4. The fourth-order valence-electron chi connectivity index (χ4n) is 2.36. The minimum absolute atomic E-state index is 0. The number of hydrogen-bond donors (Lipinski definition) is 2. The van der Waals surface area contributed by atoms with Crippen LogP contribution in [0.5, 0.6) is 0 Å². The van der Waals surface area contributed by atoms with Gasteiger partial charge in [-0.3, -0.25) is 0 Å². The van der Waals surface area contributed by atoms with E-state index < -0.39 is 9.84 Å². The van der Waals surface area contributed by atoms with E-state index in [1.54, 1.807) is 6.20 Å². The number of nitrogens with zero attached hydrogens (tertiary/aromatic N) is 3. The summed E-state index contributed by atoms with van der Waals surface area (Å²) >= 11 is 0. The Kier molecular flexibility index (Phi) is 9.78. The lowest BCUT2D eigenvalue weighted by Crippen LogP contribution is -2.42. The molecule has 0 aliphatic heterocycles. The summed E-state index contributed by atoms with van der Waals surface area (Å²) < 4.78 is 24.4. The Labute approximate surface area is 178 Å². The lowest BCUT2D eigenvalue weighted by Gasteiger charge is -2.17. The van der Waals surface area contributed by atoms with E-state index in [-0.39, 0.29) is 35.8 Å². The number of rotatable bonds is 8. The van der Waals surface area contributed by atoms with Crippen LogP contribution in [0.15, 0.2) is 47.7 Å². The number of halogens is 1. The Bertz CT molecular complexity index is 805. The number of aromatic nitrogens is 2. The van der Waals surface area contributed by atoms with Crippen LogP contribution in [0.25, 0.3) is 5.69 Å². The minimum atomic E-state index is -2.95. The average molecular weight is 505 g/mol. The molecule has 0 amide bonds. The molecule has 0 fully saturated rings. The lowest BCUT2D eigenvalue weighted by molar-refractivity contribution is 0.581. The maximum absolute atomic E-state index is 11.3. The topological polar surface area (TPSA) is 88.4 Å². The van der Waals surface area contributed by atoms with Crippen LogP contribution in [-0.4, -0.2) is 48.8 Å². The molecule has 1 aromatic heterocycles. The van der Waals surface area contributed by atoms with Crippen LogP contribution in [0.1, 0.15) is 25.8 Å². The maximum atomic E-state index is 11.3. The molecule has 0 saturated carbocycles. The molecule has 1 aromatic carbocycles. The molecule has 9 heteroatoms. The van der Waals surface area contributed by atoms with Crippen LogP contribution < -0.4 is 10.6 Å². The normalized spacial score (nSPS) is 12.9. The maximum Gasteiger partial charge on any atom is 0.191 e. The van der Waals surface area contributed by atoms with Gasteiger partial charge < -0.3 is 10.6 Å². The van der Waals surface area contributed by atoms with Gasteiger partial charge in [0, 0.05) is 31.2 Å². The second-order valence-electron chi connectivity index (χ2n) is 6.28. The third-order valence-corrected chi connectivity index (χ3v) is 4.75. The summed E-state index contributed by atoms with van der Waals surface area (Å²) in [6.45, 7) is 5.23. The predicted octanol–water partition coefficient (Wildman–Crippen LogP) is 2.37. The number of guanidine groups is 1. The zero-order valence-electron chi connectivity index (χ0n) is 15.9. The van der Waals surface area contributed by atoms with Crippen molar-refractivity contribution in [3.05, 3.63) is 48.3 Å². The smallest absolute Gasteiger partial charge is 0.191 e. The second-order valence-corrected chi connectivity index (χ2v) is 8.54. The van der Waals surface area contributed by atoms with Crippen LogP contribution in [-0.2, 0) is 16.4 Å². The van der Waals surface area contributed by atoms with Crippen molar-refractivity contribution in [2.24, 2.45) is 4.99 Å². The first-order valence-electron chi connectivity index (χ1n) is 8.69. The van der Waals surface area contributed by atoms with Gasteiger partial charge in [0.05, 0.1) is 18.0 Å². The highest BCUT2D eigenvalue weighted by molar-refractivity contribution is 14.0. The van der Waals surface area contributed by atoms with Crippen molar-refractivity contribution in [3.63, 3.8) is 0 Å². The van der Waals surface area contributed by atoms with Crippen molar-refractivity contribution in [1.82, 2.24) is 20.4 Å². The van der Waals surface area contributed by atoms with E-state index in [0.717, 1.165) is 17.8 Å². The summed E-state index contributed by atoms with van der Waals surface area (Å²) in [6.07, 6.45) is 5.45. The third kappa shape index (κ3) is 8.74. The number of hydrogen-bond acceptors (Lipinski definition) is 4. The Morgan fingerprint density at radius 3 is 2.56 bits per heavy atom. The van der Waals surface area contributed by atoms with Gasteiger partial charge in [-0.15, -0.1) is 24.0 Å². The summed E-state index contributed by atoms with van der Waals surface area (Å²) in [7, 11) is -2.95. The summed E-state index contributed by atoms with van der Waals surface area (Å²) in [4.78, 5) is 4.58. The van der Waals surface area contributed by atoms with Crippen LogP contribution in [0.4, 0.5) is 0 Å². The van der Waals surface area contributed by atoms with Crippen molar-refractivity contribution in [2.75, 3.05) is 18.6 Å². The first kappa shape index (κ1) is 23.4. The van der Waals surface area contributed by atoms with Gasteiger partial charge in [-0.1, -0.05) is 12.1 Å². The Hall–Kier alpha value is -1.62. The molecule has 2 N–H and O–H groups in total. The lowest BCUT2D eigenvalue weighted by atomic mass is 10.2. The van der Waals surface area contributed by atoms with E-state index in [4.69, 9.17) is 0 Å². The van der Waals surface area contributed by atoms with Crippen molar-refractivity contribution in [2.45, 2.75) is 32.9 Å². The Balaban J connectivity index is 0.00000364. The molecule has 0 saturated heterocycles. The predicted molar refractivity (Wildman–Crippen MR) is 121 cm³/mol. The molecule has 0 bridgehead atoms. The van der Waals surface area contributed by atoms with Crippen LogP contribution in [0, 0.1) is 0 Å². The van der Waals surface area contributed by atoms with Gasteiger partial charge in [-0.2, -0.15) is 5.10 Å². The van der Waals surface area contributed by atoms with E-state index in [0.29, 0.717) is 18.9 Å². The van der Waals surface area contributed by atoms with E-state index in [2.05, 4.69) is 20.7 Å². The van der Waals surface area contributed by atoms with Gasteiger partial charge >= 0.3 is 0 Å². The molecule has 0 aliphatic carbocycles. The number of sulfone groups is 1. The Morgan fingerprint density at radius 1 is 1.30 bits per heavy atom. The van der Waals surface area contributed by atoms with Gasteiger partial charge in [0.15, 0.2) is 5.96 Å². The summed E-state index contributed by atoms with van der Waals surface area (Å²) in [5.74, 6) is 0.847. The molecule has 0 spiro atoms. The summed E-state index contributed by atoms with van der Waals surface area (Å²) in [5, 5.41) is 10.7. The van der Waals surface area contributed by atoms with Crippen LogP contribution in [0.2, 0.25) is 0 Å². The molecular formula is C18H28IN5O2S. The zero-order chi connectivity index (χ0) is 19.0. The van der Waals surface area contributed by atoms with Crippen molar-refractivity contribution in [1.29, 1.82) is 0 Å². The van der Waals surface area contributed by atoms with Gasteiger partial charge in [0.25, 0.3) is 0 Å². The highest BCUT2D eigenvalue weighted by atomic mass is 127. The molecular weight excluding hydrogens is 477 g/mol. The van der Waals surface area contributed by atoms with Gasteiger partial charge in [0.2, 0.25) is 0 Å². The van der Waals surface area contributed by atoms with E-state index in [9.17, 15) is 8.42 Å². The molecule has 2 aromatic rings. The Morgan fingerprint density at radius 2 is 2.00 bits per heavy atom. The van der Waals surface area contributed by atoms with Crippen molar-refractivity contribution in [3.8, 4) is 5.69 Å². The molecule has 0 aliphatic rings. The fourth-order valence-corrected chi connectivity index (χ4v) is 3.14. The minimum Gasteiger partial charge on any atom is -0.357 e. The number of benzene rings is 1. The molecule has 2 rings (SSSR count). The SMILES string of the molecule is CCNC(=NCc1ccc(-n2cccn2)cc1)NC(C)CCS(C)(=O)=O.I. The molecule has 27 heavy (non-hydrogen) atoms. The zero-order valence-corrected chi connectivity index (χ0v) is 19.1. The second kappa shape index (κ2) is 11.3. The van der Waals surface area contributed by atoms with Gasteiger partial charge in [-0.05, 0) is 44.0 Å². The molecule has 1 unspecified atom stereocenters. The van der Waals surface area contributed by atoms with Crippen molar-refractivity contribution < 1.29 is 8.42 Å². The standard InChI is InChI=1S/C18H27N5O2S.HI/c1-4-19-18(22-15(2)10-13-26(3,24)25)20-14-16-6-8-17(9-7-16)23-12-5-11-21-23;/h5-9,11-12,15H,4,10,13-14H2,1-3H3,(H2,19,20,22);1H. The fraction of sp³-hybridized carbons (Fsp3) is 0.444. The monoisotopic (exact) mass is 505 g/mol. The highest BCUT2D eigenvalue weighted by Gasteiger charge is 2.09. The first-order valence-corrected chi connectivity index (χ1v) is 10.7. The van der Waals surface area contributed by atoms with Crippen molar-refractivity contribution >= 4 is 39.8 Å². The largest absolute Gasteiger partial charge is 0.357 e. The molecule has 1 heterocycles. The van der Waals surface area contributed by atoms with E-state index in [1.807, 2.05) is 55.1 Å². The van der Waals surface area contributed by atoms with E-state index >= 15 is 0 Å². The van der Waals surface area contributed by atoms with E-state index in [1.165, 1.54) is 6.26 Å². The number of aliphatic imine (C=N–C) groups is 1. The van der Waals surface area contributed by atoms with Gasteiger partial charge in [0.1, 0.15) is 9.84 Å². The highest BCUT2D eigenvalue weighted by Crippen LogP contribution is 2.09. The molecule has 0 radical (unpaired) electrons. The van der Waals surface area contributed by atoms with Crippen LogP contribution >= 0.6 is 24.0 Å². The molecule has 1 atom stereocenters. The number of nitrogens with one attached hydrogen (secondary N) is 2. The van der Waals surface area contributed by atoms with Gasteiger partial charge in [-0.25, -0.2) is 18.1 Å². The third-order valence-electron chi connectivity index (χ3n) is 3.77. The van der Waals surface area contributed by atoms with Crippen LogP contribution in [0.3, 0.4) is 0 Å². The summed E-state index contributed by atoms with van der Waals surface area (Å²) in [5.41, 5.74) is 2.09. The summed E-state index contributed by atoms with van der Waals surface area (Å²) in [6, 6.07) is 9.97. The quantitative estimate of drug-likeness (QED) is 0.327. The average Bonchev–Trinajstić information content (AvgIpc) is 3.12. The molecule has 7 nitrogen and oxygen atoms in total.